The van der Waals surface area contributed by atoms with E-state index in [9.17, 15) is 30.6 Å². The minimum Gasteiger partial charge on any atom is -0.394 e. The second-order valence-corrected chi connectivity index (χ2v) is 18.1. The van der Waals surface area contributed by atoms with E-state index < -0.39 is 48.6 Å². The first-order valence-electron chi connectivity index (χ1n) is 17.3. The Labute approximate surface area is 259 Å². The fourth-order valence-corrected chi connectivity index (χ4v) is 12.5. The fraction of sp³-hybridized carbons (Fsp3) is 0.944. The van der Waals surface area contributed by atoms with Crippen molar-refractivity contribution in [2.75, 3.05) is 6.61 Å². The van der Waals surface area contributed by atoms with Crippen molar-refractivity contribution in [3.05, 3.63) is 11.6 Å². The molecule has 6 aliphatic rings. The summed E-state index contributed by atoms with van der Waals surface area (Å²) in [5.41, 5.74) is 1.21. The Kier molecular flexibility index (Phi) is 7.71. The van der Waals surface area contributed by atoms with Crippen LogP contribution in [0, 0.1) is 50.2 Å². The van der Waals surface area contributed by atoms with E-state index in [1.165, 1.54) is 5.57 Å². The van der Waals surface area contributed by atoms with Gasteiger partial charge in [-0.05, 0) is 109 Å². The Bertz CT molecular complexity index is 1120. The quantitative estimate of drug-likeness (QED) is 0.264. The molecule has 7 nitrogen and oxygen atoms in total. The van der Waals surface area contributed by atoms with E-state index in [0.29, 0.717) is 11.8 Å². The van der Waals surface area contributed by atoms with Crippen LogP contribution in [0.25, 0.3) is 0 Å². The zero-order valence-corrected chi connectivity index (χ0v) is 27.7. The van der Waals surface area contributed by atoms with Gasteiger partial charge in [-0.3, -0.25) is 0 Å². The third kappa shape index (κ3) is 4.30. The van der Waals surface area contributed by atoms with Gasteiger partial charge in [0.05, 0.1) is 18.8 Å². The Balaban J connectivity index is 1.40. The predicted molar refractivity (Wildman–Crippen MR) is 165 cm³/mol. The SMILES string of the molecule is CC1(C)CC[C@]2(C(O)[C@@H]3OC(CO)[C@@H](O)[C@H](O)C3O)CC[C@]3(C)C(=CCC4[C@@]5(C)CC[C@H](O)C(C)(C)C5CC[C@]43C)C2C1. The van der Waals surface area contributed by atoms with Crippen LogP contribution in [0.15, 0.2) is 11.6 Å². The maximum absolute atomic E-state index is 12.3. The summed E-state index contributed by atoms with van der Waals surface area (Å²) < 4.78 is 6.01. The van der Waals surface area contributed by atoms with Gasteiger partial charge < -0.3 is 35.4 Å². The Morgan fingerprint density at radius 3 is 2.16 bits per heavy atom. The number of rotatable bonds is 3. The number of hydrogen-bond donors (Lipinski definition) is 6. The Morgan fingerprint density at radius 2 is 1.49 bits per heavy atom. The number of aliphatic hydroxyl groups is 6. The van der Waals surface area contributed by atoms with Gasteiger partial charge in [0.15, 0.2) is 0 Å². The molecule has 0 aromatic carbocycles. The van der Waals surface area contributed by atoms with Crippen LogP contribution >= 0.6 is 0 Å². The van der Waals surface area contributed by atoms with Crippen LogP contribution in [-0.2, 0) is 4.74 Å². The third-order valence-corrected chi connectivity index (χ3v) is 15.5. The molecule has 4 saturated carbocycles. The second-order valence-electron chi connectivity index (χ2n) is 18.1. The number of fused-ring (bicyclic) bond motifs is 7. The van der Waals surface area contributed by atoms with Gasteiger partial charge in [-0.2, -0.15) is 0 Å². The van der Waals surface area contributed by atoms with Crippen molar-refractivity contribution in [3.63, 3.8) is 0 Å². The number of allylic oxidation sites excluding steroid dienone is 2. The molecule has 1 aliphatic heterocycles. The average Bonchev–Trinajstić information content (AvgIpc) is 2.94. The van der Waals surface area contributed by atoms with Crippen molar-refractivity contribution < 1.29 is 35.4 Å². The second kappa shape index (κ2) is 10.2. The highest BCUT2D eigenvalue weighted by Gasteiger charge is 2.69. The van der Waals surface area contributed by atoms with Gasteiger partial charge in [-0.1, -0.05) is 60.1 Å². The Hall–Kier alpha value is -0.540. The molecule has 0 aromatic heterocycles. The van der Waals surface area contributed by atoms with Crippen molar-refractivity contribution >= 4 is 0 Å². The highest BCUT2D eigenvalue weighted by Crippen LogP contribution is 2.76. The van der Waals surface area contributed by atoms with E-state index in [-0.39, 0.29) is 39.1 Å². The lowest BCUT2D eigenvalue weighted by atomic mass is 9.33. The average molecular weight is 605 g/mol. The molecule has 6 rings (SSSR count). The van der Waals surface area contributed by atoms with Gasteiger partial charge >= 0.3 is 0 Å². The summed E-state index contributed by atoms with van der Waals surface area (Å²) in [6.07, 6.45) is 4.49. The summed E-state index contributed by atoms with van der Waals surface area (Å²) in [5.74, 6) is 1.13. The Morgan fingerprint density at radius 1 is 0.814 bits per heavy atom. The van der Waals surface area contributed by atoms with E-state index >= 15 is 0 Å². The number of hydrogen-bond acceptors (Lipinski definition) is 7. The van der Waals surface area contributed by atoms with E-state index in [1.54, 1.807) is 0 Å². The zero-order chi connectivity index (χ0) is 31.5. The molecule has 6 unspecified atom stereocenters. The topological polar surface area (TPSA) is 131 Å². The third-order valence-electron chi connectivity index (χ3n) is 15.5. The molecule has 0 radical (unpaired) electrons. The molecule has 1 saturated heterocycles. The highest BCUT2D eigenvalue weighted by atomic mass is 16.6. The van der Waals surface area contributed by atoms with Crippen LogP contribution in [0.5, 0.6) is 0 Å². The van der Waals surface area contributed by atoms with Gasteiger partial charge in [-0.25, -0.2) is 0 Å². The van der Waals surface area contributed by atoms with E-state index in [1.807, 2.05) is 0 Å². The smallest absolute Gasteiger partial charge is 0.113 e. The summed E-state index contributed by atoms with van der Waals surface area (Å²) in [6.45, 7) is 16.3. The van der Waals surface area contributed by atoms with Gasteiger partial charge in [0.1, 0.15) is 30.5 Å². The maximum atomic E-state index is 12.3. The van der Waals surface area contributed by atoms with Crippen LogP contribution in [0.1, 0.15) is 113 Å². The van der Waals surface area contributed by atoms with E-state index in [0.717, 1.165) is 64.2 Å². The lowest BCUT2D eigenvalue weighted by Crippen LogP contribution is -2.68. The van der Waals surface area contributed by atoms with Crippen LogP contribution in [0.4, 0.5) is 0 Å². The molecule has 14 atom stereocenters. The predicted octanol–water partition coefficient (Wildman–Crippen LogP) is 4.35. The first kappa shape index (κ1) is 32.4. The summed E-state index contributed by atoms with van der Waals surface area (Å²) in [7, 11) is 0. The molecule has 5 aliphatic carbocycles. The number of ether oxygens (including phenoxy) is 1. The summed E-state index contributed by atoms with van der Waals surface area (Å²) in [6, 6.07) is 0. The molecule has 7 heteroatoms. The van der Waals surface area contributed by atoms with E-state index in [4.69, 9.17) is 4.74 Å². The van der Waals surface area contributed by atoms with Crippen molar-refractivity contribution in [2.24, 2.45) is 50.2 Å². The lowest BCUT2D eigenvalue weighted by molar-refractivity contribution is -0.272. The fourth-order valence-electron chi connectivity index (χ4n) is 12.5. The van der Waals surface area contributed by atoms with Crippen LogP contribution < -0.4 is 0 Å². The molecule has 5 fully saturated rings. The molecule has 0 spiro atoms. The molecule has 6 N–H and O–H groups in total. The molecule has 0 bridgehead atoms. The van der Waals surface area contributed by atoms with Gasteiger partial charge in [0.2, 0.25) is 0 Å². The van der Waals surface area contributed by atoms with Gasteiger partial charge in [-0.15, -0.1) is 0 Å². The zero-order valence-electron chi connectivity index (χ0n) is 27.7. The lowest BCUT2D eigenvalue weighted by Gasteiger charge is -2.72. The largest absolute Gasteiger partial charge is 0.394 e. The standard InChI is InChI=1S/C36H60O7/c1-31(2)14-16-36(30(42)29-28(41)27(40)26(39)22(19-37)43-29)17-15-34(6)20(21(36)18-31)8-9-24-33(5)12-11-25(38)32(3,4)23(33)10-13-35(24,34)7/h8,21-30,37-42H,9-19H2,1-7H3/t21?,22?,23?,24?,25-,26+,27-,28?,29+,30?,33-,34+,35+,36-/m0/s1. The number of aliphatic hydroxyl groups excluding tert-OH is 6. The van der Waals surface area contributed by atoms with Gasteiger partial charge in [0, 0.05) is 5.41 Å². The normalized spacial score (nSPS) is 54.7. The van der Waals surface area contributed by atoms with Gasteiger partial charge in [0.25, 0.3) is 0 Å². The minimum absolute atomic E-state index is 0.0270. The van der Waals surface area contributed by atoms with E-state index in [2.05, 4.69) is 54.5 Å². The molecule has 0 amide bonds. The molecule has 43 heavy (non-hydrogen) atoms. The summed E-state index contributed by atoms with van der Waals surface area (Å²) >= 11 is 0. The van der Waals surface area contributed by atoms with Crippen LogP contribution in [0.2, 0.25) is 0 Å². The van der Waals surface area contributed by atoms with Crippen molar-refractivity contribution in [1.82, 2.24) is 0 Å². The van der Waals surface area contributed by atoms with Crippen LogP contribution in [-0.4, -0.2) is 80.0 Å². The molecule has 1 heterocycles. The summed E-state index contributed by atoms with van der Waals surface area (Å²) in [5, 5.41) is 65.3. The first-order valence-corrected chi connectivity index (χ1v) is 17.3. The summed E-state index contributed by atoms with van der Waals surface area (Å²) in [4.78, 5) is 0. The minimum atomic E-state index is -1.49. The van der Waals surface area contributed by atoms with Crippen molar-refractivity contribution in [2.45, 2.75) is 155 Å². The van der Waals surface area contributed by atoms with Crippen molar-refractivity contribution in [1.29, 1.82) is 0 Å². The molecule has 0 aromatic rings. The maximum Gasteiger partial charge on any atom is 0.113 e. The molecule has 246 valence electrons. The highest BCUT2D eigenvalue weighted by molar-refractivity contribution is 5.34. The van der Waals surface area contributed by atoms with Crippen molar-refractivity contribution in [3.8, 4) is 0 Å². The molecular weight excluding hydrogens is 544 g/mol. The molecular formula is C36H60O7. The first-order chi connectivity index (χ1) is 19.9. The monoisotopic (exact) mass is 604 g/mol. The van der Waals surface area contributed by atoms with Crippen LogP contribution in [0.3, 0.4) is 0 Å².